The SMILES string of the molecule is C=CC1CC(=O)N(c2c(C#N)cnn2-c2ccc(C)cc2)C1. The maximum atomic E-state index is 12.3. The van der Waals surface area contributed by atoms with Crippen LogP contribution >= 0.6 is 0 Å². The second-order valence-electron chi connectivity index (χ2n) is 5.45. The predicted molar refractivity (Wildman–Crippen MR) is 83.7 cm³/mol. The Hall–Kier alpha value is -2.87. The normalized spacial score (nSPS) is 17.5. The lowest BCUT2D eigenvalue weighted by molar-refractivity contribution is -0.117. The lowest BCUT2D eigenvalue weighted by Gasteiger charge is -2.18. The zero-order valence-electron chi connectivity index (χ0n) is 12.4. The van der Waals surface area contributed by atoms with Gasteiger partial charge < -0.3 is 0 Å². The lowest BCUT2D eigenvalue weighted by atomic mass is 10.1. The maximum absolute atomic E-state index is 12.3. The van der Waals surface area contributed by atoms with E-state index in [1.807, 2.05) is 31.2 Å². The third-order valence-corrected chi connectivity index (χ3v) is 3.89. The van der Waals surface area contributed by atoms with Crippen LogP contribution in [0.1, 0.15) is 17.5 Å². The second-order valence-corrected chi connectivity index (χ2v) is 5.45. The van der Waals surface area contributed by atoms with Crippen LogP contribution in [0, 0.1) is 24.2 Å². The molecule has 1 aromatic heterocycles. The molecule has 5 heteroatoms. The summed E-state index contributed by atoms with van der Waals surface area (Å²) >= 11 is 0. The van der Waals surface area contributed by atoms with Gasteiger partial charge in [-0.05, 0) is 19.1 Å². The van der Waals surface area contributed by atoms with Gasteiger partial charge >= 0.3 is 0 Å². The Bertz CT molecular complexity index is 767. The summed E-state index contributed by atoms with van der Waals surface area (Å²) in [5, 5.41) is 13.6. The van der Waals surface area contributed by atoms with Gasteiger partial charge in [-0.15, -0.1) is 6.58 Å². The number of rotatable bonds is 3. The van der Waals surface area contributed by atoms with Crippen molar-refractivity contribution >= 4 is 11.7 Å². The van der Waals surface area contributed by atoms with E-state index in [-0.39, 0.29) is 11.8 Å². The van der Waals surface area contributed by atoms with Gasteiger partial charge in [0, 0.05) is 18.9 Å². The Labute approximate surface area is 129 Å². The van der Waals surface area contributed by atoms with Crippen LogP contribution in [-0.4, -0.2) is 22.2 Å². The molecule has 0 spiro atoms. The summed E-state index contributed by atoms with van der Waals surface area (Å²) in [6, 6.07) is 9.94. The van der Waals surface area contributed by atoms with Crippen LogP contribution < -0.4 is 4.90 Å². The van der Waals surface area contributed by atoms with Crippen LogP contribution in [0.3, 0.4) is 0 Å². The fraction of sp³-hybridized carbons (Fsp3) is 0.235. The van der Waals surface area contributed by atoms with E-state index >= 15 is 0 Å². The number of nitrogens with zero attached hydrogens (tertiary/aromatic N) is 4. The number of nitriles is 1. The van der Waals surface area contributed by atoms with Crippen LogP contribution in [0.15, 0.2) is 43.1 Å². The van der Waals surface area contributed by atoms with Gasteiger partial charge in [-0.2, -0.15) is 10.4 Å². The van der Waals surface area contributed by atoms with Crippen LogP contribution in [0.25, 0.3) is 5.69 Å². The van der Waals surface area contributed by atoms with Gasteiger partial charge in [0.05, 0.1) is 11.9 Å². The Morgan fingerprint density at radius 3 is 2.73 bits per heavy atom. The van der Waals surface area contributed by atoms with E-state index in [1.54, 1.807) is 15.7 Å². The van der Waals surface area contributed by atoms with Crippen molar-refractivity contribution in [2.24, 2.45) is 5.92 Å². The molecule has 0 radical (unpaired) electrons. The van der Waals surface area contributed by atoms with Crippen LogP contribution in [-0.2, 0) is 4.79 Å². The van der Waals surface area contributed by atoms with Gasteiger partial charge in [-0.1, -0.05) is 23.8 Å². The molecule has 1 unspecified atom stereocenters. The fourth-order valence-electron chi connectivity index (χ4n) is 2.65. The van der Waals surface area contributed by atoms with Crippen molar-refractivity contribution < 1.29 is 4.79 Å². The molecular formula is C17H16N4O. The third-order valence-electron chi connectivity index (χ3n) is 3.89. The summed E-state index contributed by atoms with van der Waals surface area (Å²) in [4.78, 5) is 13.9. The first-order valence-electron chi connectivity index (χ1n) is 7.12. The lowest BCUT2D eigenvalue weighted by Crippen LogP contribution is -2.27. The van der Waals surface area contributed by atoms with Gasteiger partial charge in [0.15, 0.2) is 5.82 Å². The van der Waals surface area contributed by atoms with Crippen molar-refractivity contribution in [1.29, 1.82) is 5.26 Å². The molecule has 2 heterocycles. The Morgan fingerprint density at radius 1 is 1.41 bits per heavy atom. The first-order chi connectivity index (χ1) is 10.6. The molecule has 2 aromatic rings. The molecule has 1 fully saturated rings. The highest BCUT2D eigenvalue weighted by atomic mass is 16.2. The highest BCUT2D eigenvalue weighted by molar-refractivity contribution is 5.96. The third kappa shape index (κ3) is 2.29. The van der Waals surface area contributed by atoms with Crippen molar-refractivity contribution in [3.63, 3.8) is 0 Å². The van der Waals surface area contributed by atoms with Gasteiger partial charge in [-0.3, -0.25) is 9.69 Å². The molecule has 22 heavy (non-hydrogen) atoms. The smallest absolute Gasteiger partial charge is 0.228 e. The Balaban J connectivity index is 2.09. The molecule has 3 rings (SSSR count). The number of hydrogen-bond acceptors (Lipinski definition) is 3. The molecule has 1 saturated heterocycles. The molecule has 0 saturated carbocycles. The zero-order valence-corrected chi connectivity index (χ0v) is 12.4. The molecule has 5 nitrogen and oxygen atoms in total. The number of hydrogen-bond donors (Lipinski definition) is 0. The molecule has 1 aromatic carbocycles. The van der Waals surface area contributed by atoms with E-state index < -0.39 is 0 Å². The number of amides is 1. The summed E-state index contributed by atoms with van der Waals surface area (Å²) in [6.45, 7) is 6.30. The van der Waals surface area contributed by atoms with E-state index in [2.05, 4.69) is 17.7 Å². The van der Waals surface area contributed by atoms with E-state index in [9.17, 15) is 10.1 Å². The minimum absolute atomic E-state index is 0.00439. The number of aromatic nitrogens is 2. The summed E-state index contributed by atoms with van der Waals surface area (Å²) < 4.78 is 1.65. The number of anilines is 1. The molecule has 0 N–H and O–H groups in total. The Kier molecular flexibility index (Phi) is 3.51. The number of carbonyl (C=O) groups excluding carboxylic acids is 1. The van der Waals surface area contributed by atoms with E-state index in [0.29, 0.717) is 24.3 Å². The summed E-state index contributed by atoms with van der Waals surface area (Å²) in [5.74, 6) is 0.649. The number of aryl methyl sites for hydroxylation is 1. The van der Waals surface area contributed by atoms with Gasteiger partial charge in [0.2, 0.25) is 5.91 Å². The quantitative estimate of drug-likeness (QED) is 0.817. The molecular weight excluding hydrogens is 276 g/mol. The fourth-order valence-corrected chi connectivity index (χ4v) is 2.65. The monoisotopic (exact) mass is 292 g/mol. The largest absolute Gasteiger partial charge is 0.295 e. The Morgan fingerprint density at radius 2 is 2.14 bits per heavy atom. The van der Waals surface area contributed by atoms with Gasteiger partial charge in [-0.25, -0.2) is 4.68 Å². The molecule has 1 aliphatic heterocycles. The molecule has 1 atom stereocenters. The van der Waals surface area contributed by atoms with Crippen molar-refractivity contribution in [2.75, 3.05) is 11.4 Å². The molecule has 110 valence electrons. The minimum Gasteiger partial charge on any atom is -0.295 e. The van der Waals surface area contributed by atoms with E-state index in [0.717, 1.165) is 11.3 Å². The van der Waals surface area contributed by atoms with Gasteiger partial charge in [0.25, 0.3) is 0 Å². The van der Waals surface area contributed by atoms with Crippen molar-refractivity contribution in [1.82, 2.24) is 9.78 Å². The van der Waals surface area contributed by atoms with E-state index in [4.69, 9.17) is 0 Å². The van der Waals surface area contributed by atoms with Crippen LogP contribution in [0.4, 0.5) is 5.82 Å². The van der Waals surface area contributed by atoms with Crippen molar-refractivity contribution in [2.45, 2.75) is 13.3 Å². The first kappa shape index (κ1) is 14.1. The summed E-state index contributed by atoms with van der Waals surface area (Å²) in [6.07, 6.45) is 3.72. The minimum atomic E-state index is -0.00439. The molecule has 0 aliphatic carbocycles. The number of carbonyl (C=O) groups is 1. The van der Waals surface area contributed by atoms with Crippen molar-refractivity contribution in [3.05, 3.63) is 54.2 Å². The zero-order chi connectivity index (χ0) is 15.7. The molecule has 1 amide bonds. The van der Waals surface area contributed by atoms with Gasteiger partial charge in [0.1, 0.15) is 11.6 Å². The number of benzene rings is 1. The highest BCUT2D eigenvalue weighted by Gasteiger charge is 2.33. The van der Waals surface area contributed by atoms with Crippen LogP contribution in [0.5, 0.6) is 0 Å². The first-order valence-corrected chi connectivity index (χ1v) is 7.12. The summed E-state index contributed by atoms with van der Waals surface area (Å²) in [5.41, 5.74) is 2.37. The average Bonchev–Trinajstić information content (AvgIpc) is 3.10. The van der Waals surface area contributed by atoms with Crippen molar-refractivity contribution in [3.8, 4) is 11.8 Å². The molecule has 0 bridgehead atoms. The second kappa shape index (κ2) is 5.49. The molecule has 1 aliphatic rings. The summed E-state index contributed by atoms with van der Waals surface area (Å²) in [7, 11) is 0. The average molecular weight is 292 g/mol. The van der Waals surface area contributed by atoms with E-state index in [1.165, 1.54) is 6.20 Å². The predicted octanol–water partition coefficient (Wildman–Crippen LogP) is 2.59. The highest BCUT2D eigenvalue weighted by Crippen LogP contribution is 2.30. The maximum Gasteiger partial charge on any atom is 0.228 e. The standard InChI is InChI=1S/C17H16N4O/c1-3-13-8-16(22)20(11-13)17-14(9-18)10-19-21(17)15-6-4-12(2)5-7-15/h3-7,10,13H,1,8,11H2,2H3. The van der Waals surface area contributed by atoms with Crippen LogP contribution in [0.2, 0.25) is 0 Å². The topological polar surface area (TPSA) is 61.9 Å².